The van der Waals surface area contributed by atoms with Crippen molar-refractivity contribution in [3.63, 3.8) is 0 Å². The average Bonchev–Trinajstić information content (AvgIpc) is 3.38. The number of anilines is 1. The molecule has 2 aliphatic rings. The maximum absolute atomic E-state index is 13.1. The molecular weight excluding hydrogens is 624 g/mol. The fourth-order valence-electron chi connectivity index (χ4n) is 5.11. The molecule has 1 aromatic carbocycles. The average molecular weight is 671 g/mol. The van der Waals surface area contributed by atoms with Crippen LogP contribution in [0.1, 0.15) is 56.9 Å². The minimum Gasteiger partial charge on any atom is -0.445 e. The third-order valence-electron chi connectivity index (χ3n) is 7.88. The lowest BCUT2D eigenvalue weighted by atomic mass is 10.1. The predicted octanol–water partition coefficient (Wildman–Crippen LogP) is 0.480. The first-order valence-electron chi connectivity index (χ1n) is 16.1. The van der Waals surface area contributed by atoms with Gasteiger partial charge in [0.05, 0.1) is 6.54 Å². The van der Waals surface area contributed by atoms with Crippen molar-refractivity contribution in [1.82, 2.24) is 31.1 Å². The number of hydrogen-bond acceptors (Lipinski definition) is 9. The SMILES string of the molecule is CN1CCC(NC(=O)OCc2ccc(NC(=O)[C@H](CCCNC(N)=O)NC(=O)CNC(=O)CCCCCN3C(=O)C=CC3=O)cc2)CC1. The number of nitrogens with zero attached hydrogens (tertiary/aromatic N) is 2. The molecule has 2 heterocycles. The van der Waals surface area contributed by atoms with Gasteiger partial charge in [-0.25, -0.2) is 9.59 Å². The number of rotatable bonds is 18. The maximum Gasteiger partial charge on any atom is 0.407 e. The van der Waals surface area contributed by atoms with Gasteiger partial charge in [-0.05, 0) is 76.4 Å². The lowest BCUT2D eigenvalue weighted by molar-refractivity contribution is -0.137. The summed E-state index contributed by atoms with van der Waals surface area (Å²) in [5, 5.41) is 13.2. The normalized spacial score (nSPS) is 15.5. The van der Waals surface area contributed by atoms with Crippen LogP contribution in [0.15, 0.2) is 36.4 Å². The van der Waals surface area contributed by atoms with E-state index in [0.29, 0.717) is 31.4 Å². The lowest BCUT2D eigenvalue weighted by Gasteiger charge is -2.29. The van der Waals surface area contributed by atoms with Crippen LogP contribution in [-0.2, 0) is 35.3 Å². The van der Waals surface area contributed by atoms with Gasteiger partial charge >= 0.3 is 12.1 Å². The van der Waals surface area contributed by atoms with Gasteiger partial charge in [0.15, 0.2) is 0 Å². The second-order valence-corrected chi connectivity index (χ2v) is 11.8. The molecule has 8 amide bonds. The Morgan fingerprint density at radius 3 is 2.27 bits per heavy atom. The highest BCUT2D eigenvalue weighted by atomic mass is 16.5. The summed E-state index contributed by atoms with van der Waals surface area (Å²) in [6.45, 7) is 2.03. The number of alkyl carbamates (subject to hydrolysis) is 1. The minimum atomic E-state index is -0.971. The van der Waals surface area contributed by atoms with Crippen LogP contribution in [0.5, 0.6) is 0 Å². The van der Waals surface area contributed by atoms with Crippen molar-refractivity contribution in [3.8, 4) is 0 Å². The van der Waals surface area contributed by atoms with E-state index >= 15 is 0 Å². The molecule has 0 radical (unpaired) electrons. The fourth-order valence-corrected chi connectivity index (χ4v) is 5.11. The molecule has 3 rings (SSSR count). The van der Waals surface area contributed by atoms with Crippen LogP contribution in [0.3, 0.4) is 0 Å². The summed E-state index contributed by atoms with van der Waals surface area (Å²) in [4.78, 5) is 87.7. The highest BCUT2D eigenvalue weighted by molar-refractivity contribution is 6.12. The Morgan fingerprint density at radius 1 is 0.917 bits per heavy atom. The van der Waals surface area contributed by atoms with E-state index in [4.69, 9.17) is 10.5 Å². The molecular formula is C32H46N8O8. The number of primary amides is 1. The number of hydrogen-bond donors (Lipinski definition) is 6. The number of carbonyl (C=O) groups is 7. The van der Waals surface area contributed by atoms with Crippen LogP contribution in [0, 0.1) is 0 Å². The molecule has 2 aliphatic heterocycles. The number of urea groups is 1. The first kappa shape index (κ1) is 37.5. The van der Waals surface area contributed by atoms with Crippen molar-refractivity contribution in [2.75, 3.05) is 45.1 Å². The second-order valence-electron chi connectivity index (χ2n) is 11.8. The van der Waals surface area contributed by atoms with Gasteiger partial charge in [-0.3, -0.25) is 28.9 Å². The minimum absolute atomic E-state index is 0.0578. The number of piperidine rings is 1. The molecule has 7 N–H and O–H groups in total. The molecule has 0 aromatic heterocycles. The van der Waals surface area contributed by atoms with E-state index in [2.05, 4.69) is 31.5 Å². The van der Waals surface area contributed by atoms with Crippen LogP contribution in [0.4, 0.5) is 15.3 Å². The summed E-state index contributed by atoms with van der Waals surface area (Å²) in [7, 11) is 2.04. The van der Waals surface area contributed by atoms with Gasteiger partial charge in [-0.1, -0.05) is 18.6 Å². The van der Waals surface area contributed by atoms with E-state index in [-0.39, 0.29) is 62.8 Å². The standard InChI is InChI=1S/C32H46N8O8/c1-39-18-14-24(15-19-39)37-32(47)48-21-22-8-10-23(11-9-22)36-30(45)25(6-5-16-34-31(33)46)38-27(42)20-35-26(41)7-3-2-4-17-40-28(43)12-13-29(40)44/h8-13,24-25H,2-7,14-21H2,1H3,(H,35,41)(H,36,45)(H,37,47)(H,38,42)(H3,33,34,46)/t25-/m0/s1. The Hall–Kier alpha value is -4.99. The second kappa shape index (κ2) is 19.6. The van der Waals surface area contributed by atoms with Gasteiger partial charge in [0.25, 0.3) is 11.8 Å². The molecule has 262 valence electrons. The zero-order valence-corrected chi connectivity index (χ0v) is 27.3. The van der Waals surface area contributed by atoms with Crippen LogP contribution in [0.2, 0.25) is 0 Å². The quantitative estimate of drug-likeness (QED) is 0.0943. The van der Waals surface area contributed by atoms with Crippen molar-refractivity contribution < 1.29 is 38.3 Å². The molecule has 1 fully saturated rings. The van der Waals surface area contributed by atoms with E-state index in [1.807, 2.05) is 7.05 Å². The monoisotopic (exact) mass is 670 g/mol. The summed E-state index contributed by atoms with van der Waals surface area (Å²) in [6.07, 6.45) is 6.05. The zero-order valence-electron chi connectivity index (χ0n) is 27.3. The van der Waals surface area contributed by atoms with Crippen LogP contribution >= 0.6 is 0 Å². The number of ether oxygens (including phenoxy) is 1. The highest BCUT2D eigenvalue weighted by Gasteiger charge is 2.23. The van der Waals surface area contributed by atoms with Crippen molar-refractivity contribution in [3.05, 3.63) is 42.0 Å². The largest absolute Gasteiger partial charge is 0.445 e. The molecule has 48 heavy (non-hydrogen) atoms. The first-order valence-corrected chi connectivity index (χ1v) is 16.1. The first-order chi connectivity index (χ1) is 23.0. The summed E-state index contributed by atoms with van der Waals surface area (Å²) in [6, 6.07) is 5.13. The Balaban J connectivity index is 1.40. The van der Waals surface area contributed by atoms with Gasteiger partial charge in [0, 0.05) is 43.4 Å². The summed E-state index contributed by atoms with van der Waals surface area (Å²) >= 11 is 0. The Bertz CT molecular complexity index is 1310. The number of likely N-dealkylation sites (tertiary alicyclic amines) is 1. The maximum atomic E-state index is 13.1. The number of nitrogens with two attached hydrogens (primary N) is 1. The van der Waals surface area contributed by atoms with Crippen LogP contribution in [-0.4, -0.2) is 103 Å². The van der Waals surface area contributed by atoms with Crippen LogP contribution < -0.4 is 32.3 Å². The Kier molecular flexibility index (Phi) is 15.3. The van der Waals surface area contributed by atoms with E-state index < -0.39 is 30.0 Å². The van der Waals surface area contributed by atoms with Crippen LogP contribution in [0.25, 0.3) is 0 Å². The lowest BCUT2D eigenvalue weighted by Crippen LogP contribution is -2.47. The molecule has 1 atom stereocenters. The molecule has 0 saturated carbocycles. The molecule has 0 aliphatic carbocycles. The van der Waals surface area contributed by atoms with E-state index in [1.54, 1.807) is 24.3 Å². The predicted molar refractivity (Wildman–Crippen MR) is 175 cm³/mol. The summed E-state index contributed by atoms with van der Waals surface area (Å²) < 4.78 is 5.34. The topological polar surface area (TPSA) is 221 Å². The number of amides is 8. The van der Waals surface area contributed by atoms with Gasteiger partial charge in [-0.15, -0.1) is 0 Å². The van der Waals surface area contributed by atoms with Crippen molar-refractivity contribution in [2.24, 2.45) is 5.73 Å². The number of unbranched alkanes of at least 4 members (excludes halogenated alkanes) is 2. The molecule has 16 nitrogen and oxygen atoms in total. The molecule has 0 bridgehead atoms. The Morgan fingerprint density at radius 2 is 1.60 bits per heavy atom. The van der Waals surface area contributed by atoms with Gasteiger partial charge in [-0.2, -0.15) is 0 Å². The highest BCUT2D eigenvalue weighted by Crippen LogP contribution is 2.13. The van der Waals surface area contributed by atoms with Crippen molar-refractivity contribution in [1.29, 1.82) is 0 Å². The number of nitrogens with one attached hydrogen (secondary N) is 5. The van der Waals surface area contributed by atoms with E-state index in [1.165, 1.54) is 12.2 Å². The zero-order chi connectivity index (χ0) is 34.9. The third-order valence-corrected chi connectivity index (χ3v) is 7.88. The van der Waals surface area contributed by atoms with Gasteiger partial charge in [0.1, 0.15) is 12.6 Å². The van der Waals surface area contributed by atoms with Gasteiger partial charge < -0.3 is 42.0 Å². The molecule has 0 unspecified atom stereocenters. The fraction of sp³-hybridized carbons (Fsp3) is 0.531. The summed E-state index contributed by atoms with van der Waals surface area (Å²) in [5.41, 5.74) is 6.28. The van der Waals surface area contributed by atoms with Gasteiger partial charge in [0.2, 0.25) is 17.7 Å². The Labute approximate surface area is 279 Å². The molecule has 16 heteroatoms. The smallest absolute Gasteiger partial charge is 0.407 e. The summed E-state index contributed by atoms with van der Waals surface area (Å²) in [5.74, 6) is -2.11. The third kappa shape index (κ3) is 13.8. The van der Waals surface area contributed by atoms with E-state index in [0.717, 1.165) is 36.4 Å². The number of benzene rings is 1. The number of carbonyl (C=O) groups excluding carboxylic acids is 7. The number of imide groups is 1. The van der Waals surface area contributed by atoms with E-state index in [9.17, 15) is 33.6 Å². The molecule has 1 aromatic rings. The molecule has 1 saturated heterocycles. The molecule has 0 spiro atoms. The van der Waals surface area contributed by atoms with Crippen molar-refractivity contribution >= 4 is 47.3 Å². The van der Waals surface area contributed by atoms with Crippen molar-refractivity contribution in [2.45, 2.75) is 70.1 Å².